The summed E-state index contributed by atoms with van der Waals surface area (Å²) in [5.41, 5.74) is 5.79. The molecule has 0 bridgehead atoms. The van der Waals surface area contributed by atoms with Crippen molar-refractivity contribution in [2.45, 2.75) is 13.1 Å². The topological polar surface area (TPSA) is 42.3 Å². The molecule has 0 fully saturated rings. The van der Waals surface area contributed by atoms with Crippen LogP contribution in [-0.4, -0.2) is 22.1 Å². The molecule has 0 spiro atoms. The zero-order valence-corrected chi connectivity index (χ0v) is 18.7. The van der Waals surface area contributed by atoms with Crippen molar-refractivity contribution in [3.8, 4) is 0 Å². The van der Waals surface area contributed by atoms with Crippen LogP contribution in [0.15, 0.2) is 91.0 Å². The number of amides is 1. The second-order valence-corrected chi connectivity index (χ2v) is 8.30. The molecule has 1 aliphatic rings. The van der Waals surface area contributed by atoms with E-state index < -0.39 is 0 Å². The molecule has 3 aromatic carbocycles. The molecule has 0 atom stereocenters. The maximum absolute atomic E-state index is 13.6. The molecule has 0 unspecified atom stereocenters. The molecule has 0 saturated heterocycles. The van der Waals surface area contributed by atoms with Crippen LogP contribution >= 0.6 is 11.6 Å². The Balaban J connectivity index is 1.46. The lowest BCUT2D eigenvalue weighted by molar-refractivity contribution is 0.0982. The third kappa shape index (κ3) is 4.10. The Morgan fingerprint density at radius 2 is 1.42 bits per heavy atom. The molecule has 4 nitrogen and oxygen atoms in total. The third-order valence-electron chi connectivity index (χ3n) is 6.00. The van der Waals surface area contributed by atoms with Crippen molar-refractivity contribution in [1.82, 2.24) is 4.57 Å². The molecule has 1 aromatic heterocycles. The van der Waals surface area contributed by atoms with E-state index in [4.69, 9.17) is 11.6 Å². The summed E-state index contributed by atoms with van der Waals surface area (Å²) in [4.78, 5) is 28.1. The summed E-state index contributed by atoms with van der Waals surface area (Å²) in [7, 11) is 0. The fourth-order valence-electron chi connectivity index (χ4n) is 4.30. The Hall–Kier alpha value is -3.63. The Morgan fingerprint density at radius 1 is 0.758 bits per heavy atom. The lowest BCUT2D eigenvalue weighted by Crippen LogP contribution is -2.30. The zero-order chi connectivity index (χ0) is 22.8. The van der Waals surface area contributed by atoms with E-state index in [-0.39, 0.29) is 11.7 Å². The molecule has 2 heterocycles. The number of para-hydroxylation sites is 1. The monoisotopic (exact) mass is 453 g/mol. The van der Waals surface area contributed by atoms with E-state index in [0.29, 0.717) is 35.7 Å². The Labute approximate surface area is 198 Å². The summed E-state index contributed by atoms with van der Waals surface area (Å²) in [6, 6.07) is 28.1. The summed E-state index contributed by atoms with van der Waals surface area (Å²) >= 11 is 5.95. The van der Waals surface area contributed by atoms with Gasteiger partial charge in [0.25, 0.3) is 5.91 Å². The Bertz CT molecular complexity index is 1310. The van der Waals surface area contributed by atoms with Crippen LogP contribution in [0.25, 0.3) is 0 Å². The van der Waals surface area contributed by atoms with Crippen LogP contribution in [0.5, 0.6) is 0 Å². The first-order valence-corrected chi connectivity index (χ1v) is 11.4. The maximum Gasteiger partial charge on any atom is 0.258 e. The lowest BCUT2D eigenvalue weighted by Gasteiger charge is -2.23. The number of carbonyl (C=O) groups excluding carboxylic acids is 2. The van der Waals surface area contributed by atoms with Gasteiger partial charge in [0, 0.05) is 52.6 Å². The summed E-state index contributed by atoms with van der Waals surface area (Å²) in [6.45, 7) is 1.13. The minimum Gasteiger partial charge on any atom is -0.342 e. The van der Waals surface area contributed by atoms with Gasteiger partial charge in [0.2, 0.25) is 0 Å². The van der Waals surface area contributed by atoms with E-state index in [1.165, 1.54) is 0 Å². The van der Waals surface area contributed by atoms with Gasteiger partial charge in [-0.2, -0.15) is 0 Å². The Kier molecular flexibility index (Phi) is 5.84. The van der Waals surface area contributed by atoms with Crippen molar-refractivity contribution in [2.24, 2.45) is 0 Å². The van der Waals surface area contributed by atoms with Crippen LogP contribution < -0.4 is 4.90 Å². The Morgan fingerprint density at radius 3 is 2.18 bits per heavy atom. The molecule has 1 amide bonds. The van der Waals surface area contributed by atoms with Crippen LogP contribution in [0.4, 0.5) is 5.69 Å². The largest absolute Gasteiger partial charge is 0.342 e. The van der Waals surface area contributed by atoms with Crippen LogP contribution in [0.3, 0.4) is 0 Å². The first-order valence-electron chi connectivity index (χ1n) is 10.8. The summed E-state index contributed by atoms with van der Waals surface area (Å²) < 4.78 is 2.20. The van der Waals surface area contributed by atoms with Gasteiger partial charge in [0.1, 0.15) is 0 Å². The number of hydrogen-bond donors (Lipinski definition) is 0. The van der Waals surface area contributed by atoms with Gasteiger partial charge < -0.3 is 9.47 Å². The molecular formula is C28H22ClN2O2. The van der Waals surface area contributed by atoms with Gasteiger partial charge in [0.05, 0.1) is 6.54 Å². The quantitative estimate of drug-likeness (QED) is 0.286. The normalized spacial score (nSPS) is 12.6. The number of benzene rings is 3. The third-order valence-corrected chi connectivity index (χ3v) is 6.15. The first-order chi connectivity index (χ1) is 16.2. The SMILES string of the molecule is O=C(c1ccccc1)c1ccc(C(=O)N2Cc3ccc([CH]CCl)n3Cc3ccccc32)cc1. The summed E-state index contributed by atoms with van der Waals surface area (Å²) in [6.07, 6.45) is 1.98. The number of hydrogen-bond acceptors (Lipinski definition) is 2. The van der Waals surface area contributed by atoms with Crippen molar-refractivity contribution in [2.75, 3.05) is 10.8 Å². The number of anilines is 1. The van der Waals surface area contributed by atoms with Gasteiger partial charge in [-0.05, 0) is 35.9 Å². The van der Waals surface area contributed by atoms with Gasteiger partial charge >= 0.3 is 0 Å². The predicted molar refractivity (Wildman–Crippen MR) is 131 cm³/mol. The molecule has 4 aromatic rings. The van der Waals surface area contributed by atoms with Crippen molar-refractivity contribution >= 4 is 29.0 Å². The number of alkyl halides is 1. The molecule has 163 valence electrons. The summed E-state index contributed by atoms with van der Waals surface area (Å²) in [5, 5.41) is 0. The first kappa shape index (κ1) is 21.2. The van der Waals surface area contributed by atoms with E-state index >= 15 is 0 Å². The fraction of sp³-hybridized carbons (Fsp3) is 0.107. The van der Waals surface area contributed by atoms with E-state index in [0.717, 1.165) is 22.6 Å². The maximum atomic E-state index is 13.6. The summed E-state index contributed by atoms with van der Waals surface area (Å²) in [5.74, 6) is 0.274. The number of nitrogens with zero attached hydrogens (tertiary/aromatic N) is 2. The molecule has 0 saturated carbocycles. The predicted octanol–water partition coefficient (Wildman–Crippen LogP) is 5.72. The highest BCUT2D eigenvalue weighted by atomic mass is 35.5. The highest BCUT2D eigenvalue weighted by Crippen LogP contribution is 2.30. The molecule has 5 heteroatoms. The second-order valence-electron chi connectivity index (χ2n) is 7.99. The van der Waals surface area contributed by atoms with Gasteiger partial charge in [-0.1, -0.05) is 60.7 Å². The smallest absolute Gasteiger partial charge is 0.258 e. The van der Waals surface area contributed by atoms with Crippen LogP contribution in [-0.2, 0) is 13.1 Å². The van der Waals surface area contributed by atoms with Crippen LogP contribution in [0.1, 0.15) is 43.2 Å². The molecule has 1 aliphatic heterocycles. The molecule has 0 aliphatic carbocycles. The van der Waals surface area contributed by atoms with Gasteiger partial charge in [0.15, 0.2) is 5.78 Å². The lowest BCUT2D eigenvalue weighted by atomic mass is 10.0. The number of rotatable bonds is 5. The number of aromatic nitrogens is 1. The molecule has 0 N–H and O–H groups in total. The highest BCUT2D eigenvalue weighted by molar-refractivity contribution is 6.18. The fourth-order valence-corrected chi connectivity index (χ4v) is 4.46. The van der Waals surface area contributed by atoms with E-state index in [2.05, 4.69) is 10.6 Å². The van der Waals surface area contributed by atoms with Gasteiger partial charge in [-0.25, -0.2) is 0 Å². The minimum absolute atomic E-state index is 0.0596. The van der Waals surface area contributed by atoms with Gasteiger partial charge in [-0.15, -0.1) is 11.6 Å². The molecule has 33 heavy (non-hydrogen) atoms. The van der Waals surface area contributed by atoms with Gasteiger partial charge in [-0.3, -0.25) is 9.59 Å². The number of carbonyl (C=O) groups is 2. The van der Waals surface area contributed by atoms with Crippen molar-refractivity contribution in [3.05, 3.63) is 131 Å². The minimum atomic E-state index is -0.0984. The van der Waals surface area contributed by atoms with E-state index in [1.54, 1.807) is 36.4 Å². The number of halogens is 1. The van der Waals surface area contributed by atoms with Crippen LogP contribution in [0.2, 0.25) is 0 Å². The standard InChI is InChI=1S/C28H22ClN2O2/c29-17-16-24-14-15-25-19-31(26-9-5-4-8-23(26)18-30(24)25)28(33)22-12-10-21(11-13-22)27(32)20-6-2-1-3-7-20/h1-16H,17-19H2. The number of ketones is 1. The van der Waals surface area contributed by atoms with E-state index in [9.17, 15) is 9.59 Å². The molecule has 1 radical (unpaired) electrons. The zero-order valence-electron chi connectivity index (χ0n) is 17.9. The molecule has 5 rings (SSSR count). The molecular weight excluding hydrogens is 432 g/mol. The van der Waals surface area contributed by atoms with Crippen molar-refractivity contribution < 1.29 is 9.59 Å². The average molecular weight is 454 g/mol. The second kappa shape index (κ2) is 9.08. The average Bonchev–Trinajstić information content (AvgIpc) is 3.14. The van der Waals surface area contributed by atoms with E-state index in [1.807, 2.05) is 59.9 Å². The van der Waals surface area contributed by atoms with Crippen LogP contribution in [0, 0.1) is 6.42 Å². The van der Waals surface area contributed by atoms with Crippen molar-refractivity contribution in [3.63, 3.8) is 0 Å². The highest BCUT2D eigenvalue weighted by Gasteiger charge is 2.26. The van der Waals surface area contributed by atoms with Crippen molar-refractivity contribution in [1.29, 1.82) is 0 Å². The number of fused-ring (bicyclic) bond motifs is 2.